The van der Waals surface area contributed by atoms with Gasteiger partial charge in [-0.15, -0.1) is 0 Å². The number of hydrogen-bond acceptors (Lipinski definition) is 2. The number of carbonyl (C=O) groups excluding carboxylic acids is 1. The van der Waals surface area contributed by atoms with Crippen molar-refractivity contribution in [3.8, 4) is 5.75 Å². The van der Waals surface area contributed by atoms with Crippen LogP contribution < -0.4 is 9.64 Å². The van der Waals surface area contributed by atoms with Gasteiger partial charge in [0.25, 0.3) is 5.91 Å². The van der Waals surface area contributed by atoms with Gasteiger partial charge in [0.15, 0.2) is 6.10 Å². The van der Waals surface area contributed by atoms with E-state index in [2.05, 4.69) is 31.2 Å². The molecule has 0 aromatic heterocycles. The van der Waals surface area contributed by atoms with Crippen LogP contribution in [0.1, 0.15) is 18.1 Å². The van der Waals surface area contributed by atoms with Crippen molar-refractivity contribution in [2.45, 2.75) is 26.5 Å². The third-order valence-corrected chi connectivity index (χ3v) is 3.53. The van der Waals surface area contributed by atoms with Gasteiger partial charge in [0, 0.05) is 0 Å². The molecule has 20 heavy (non-hydrogen) atoms. The topological polar surface area (TPSA) is 29.5 Å². The number of anilines is 1. The molecule has 3 heteroatoms. The molecule has 2 aromatic carbocycles. The third kappa shape index (κ3) is 2.27. The van der Waals surface area contributed by atoms with Crippen molar-refractivity contribution in [3.05, 3.63) is 59.7 Å². The Bertz CT molecular complexity index is 634. The number of fused-ring (bicyclic) bond motifs is 1. The van der Waals surface area contributed by atoms with Gasteiger partial charge in [0.05, 0.1) is 12.2 Å². The molecule has 0 fully saturated rings. The molecule has 0 saturated carbocycles. The molecule has 1 aliphatic rings. The minimum absolute atomic E-state index is 0.00396. The Labute approximate surface area is 118 Å². The van der Waals surface area contributed by atoms with Crippen LogP contribution in [0.3, 0.4) is 0 Å². The molecule has 1 amide bonds. The van der Waals surface area contributed by atoms with E-state index in [1.165, 1.54) is 5.56 Å². The van der Waals surface area contributed by atoms with Crippen LogP contribution in [0.2, 0.25) is 0 Å². The maximum Gasteiger partial charge on any atom is 0.268 e. The first-order valence-corrected chi connectivity index (χ1v) is 6.78. The van der Waals surface area contributed by atoms with Gasteiger partial charge in [-0.1, -0.05) is 42.0 Å². The molecule has 1 aliphatic heterocycles. The van der Waals surface area contributed by atoms with Crippen LogP contribution in [-0.4, -0.2) is 12.0 Å². The van der Waals surface area contributed by atoms with Crippen molar-refractivity contribution >= 4 is 11.6 Å². The van der Waals surface area contributed by atoms with Gasteiger partial charge in [-0.25, -0.2) is 0 Å². The van der Waals surface area contributed by atoms with Crippen molar-refractivity contribution in [3.63, 3.8) is 0 Å². The Morgan fingerprint density at radius 3 is 2.55 bits per heavy atom. The summed E-state index contributed by atoms with van der Waals surface area (Å²) in [6, 6.07) is 15.9. The Morgan fingerprint density at radius 2 is 1.80 bits per heavy atom. The highest BCUT2D eigenvalue weighted by atomic mass is 16.5. The van der Waals surface area contributed by atoms with Crippen molar-refractivity contribution in [1.82, 2.24) is 0 Å². The van der Waals surface area contributed by atoms with Crippen LogP contribution in [0.5, 0.6) is 5.75 Å². The summed E-state index contributed by atoms with van der Waals surface area (Å²) in [6.07, 6.45) is -0.435. The molecule has 0 unspecified atom stereocenters. The standard InChI is InChI=1S/C17H17NO2/c1-12-7-9-14(10-8-12)11-18-15-5-3-4-6-16(15)20-13(2)17(18)19/h3-10,13H,11H2,1-2H3/t13-/m1/s1. The largest absolute Gasteiger partial charge is 0.479 e. The zero-order valence-electron chi connectivity index (χ0n) is 11.7. The lowest BCUT2D eigenvalue weighted by atomic mass is 10.1. The van der Waals surface area contributed by atoms with E-state index >= 15 is 0 Å². The van der Waals surface area contributed by atoms with Gasteiger partial charge in [0.1, 0.15) is 5.75 Å². The molecule has 3 rings (SSSR count). The summed E-state index contributed by atoms with van der Waals surface area (Å²) in [5.74, 6) is 0.774. The molecular weight excluding hydrogens is 250 g/mol. The first-order chi connectivity index (χ1) is 9.65. The fourth-order valence-corrected chi connectivity index (χ4v) is 2.40. The summed E-state index contributed by atoms with van der Waals surface area (Å²) >= 11 is 0. The molecule has 1 heterocycles. The zero-order chi connectivity index (χ0) is 14.1. The Hall–Kier alpha value is -2.29. The summed E-state index contributed by atoms with van der Waals surface area (Å²) in [6.45, 7) is 4.42. The number of para-hydroxylation sites is 2. The van der Waals surface area contributed by atoms with Crippen LogP contribution >= 0.6 is 0 Å². The fraction of sp³-hybridized carbons (Fsp3) is 0.235. The highest BCUT2D eigenvalue weighted by Gasteiger charge is 2.30. The zero-order valence-corrected chi connectivity index (χ0v) is 11.7. The van der Waals surface area contributed by atoms with E-state index in [-0.39, 0.29) is 5.91 Å². The Morgan fingerprint density at radius 1 is 1.10 bits per heavy atom. The molecule has 0 aliphatic carbocycles. The molecule has 0 radical (unpaired) electrons. The lowest BCUT2D eigenvalue weighted by Gasteiger charge is -2.33. The molecule has 2 aromatic rings. The van der Waals surface area contributed by atoms with E-state index in [0.29, 0.717) is 6.54 Å². The van der Waals surface area contributed by atoms with Gasteiger partial charge in [-0.3, -0.25) is 4.79 Å². The van der Waals surface area contributed by atoms with Crippen LogP contribution in [0.25, 0.3) is 0 Å². The molecular formula is C17H17NO2. The van der Waals surface area contributed by atoms with Gasteiger partial charge in [0.2, 0.25) is 0 Å². The van der Waals surface area contributed by atoms with Gasteiger partial charge < -0.3 is 9.64 Å². The SMILES string of the molecule is Cc1ccc(CN2C(=O)[C@@H](C)Oc3ccccc32)cc1. The lowest BCUT2D eigenvalue weighted by Crippen LogP contribution is -2.43. The average Bonchev–Trinajstić information content (AvgIpc) is 2.46. The van der Waals surface area contributed by atoms with E-state index in [1.54, 1.807) is 11.8 Å². The highest BCUT2D eigenvalue weighted by molar-refractivity contribution is 5.99. The van der Waals surface area contributed by atoms with E-state index < -0.39 is 6.10 Å². The Balaban J connectivity index is 1.95. The number of hydrogen-bond donors (Lipinski definition) is 0. The van der Waals surface area contributed by atoms with Gasteiger partial charge >= 0.3 is 0 Å². The van der Waals surface area contributed by atoms with E-state index in [4.69, 9.17) is 4.74 Å². The molecule has 0 saturated heterocycles. The lowest BCUT2D eigenvalue weighted by molar-refractivity contribution is -0.125. The maximum absolute atomic E-state index is 12.4. The number of nitrogens with zero attached hydrogens (tertiary/aromatic N) is 1. The number of aryl methyl sites for hydroxylation is 1. The van der Waals surface area contributed by atoms with Crippen molar-refractivity contribution in [1.29, 1.82) is 0 Å². The number of benzene rings is 2. The summed E-state index contributed by atoms with van der Waals surface area (Å²) in [5.41, 5.74) is 3.18. The monoisotopic (exact) mass is 267 g/mol. The minimum Gasteiger partial charge on any atom is -0.479 e. The van der Waals surface area contributed by atoms with E-state index in [1.807, 2.05) is 24.3 Å². The molecule has 3 nitrogen and oxygen atoms in total. The molecule has 102 valence electrons. The summed E-state index contributed by atoms with van der Waals surface area (Å²) in [5, 5.41) is 0. The predicted octanol–water partition coefficient (Wildman–Crippen LogP) is 3.31. The van der Waals surface area contributed by atoms with Crippen LogP contribution in [0.4, 0.5) is 5.69 Å². The van der Waals surface area contributed by atoms with Crippen molar-refractivity contribution < 1.29 is 9.53 Å². The normalized spacial score (nSPS) is 17.6. The molecule has 0 N–H and O–H groups in total. The van der Waals surface area contributed by atoms with Gasteiger partial charge in [-0.2, -0.15) is 0 Å². The third-order valence-electron chi connectivity index (χ3n) is 3.53. The van der Waals surface area contributed by atoms with E-state index in [0.717, 1.165) is 17.0 Å². The predicted molar refractivity (Wildman–Crippen MR) is 78.9 cm³/mol. The molecule has 1 atom stereocenters. The average molecular weight is 267 g/mol. The maximum atomic E-state index is 12.4. The van der Waals surface area contributed by atoms with Crippen molar-refractivity contribution in [2.24, 2.45) is 0 Å². The number of carbonyl (C=O) groups is 1. The van der Waals surface area contributed by atoms with Crippen LogP contribution in [0, 0.1) is 6.92 Å². The van der Waals surface area contributed by atoms with Crippen LogP contribution in [0.15, 0.2) is 48.5 Å². The Kier molecular flexibility index (Phi) is 3.18. The molecule has 0 spiro atoms. The first-order valence-electron chi connectivity index (χ1n) is 6.78. The summed E-state index contributed by atoms with van der Waals surface area (Å²) in [7, 11) is 0. The highest BCUT2D eigenvalue weighted by Crippen LogP contribution is 2.34. The minimum atomic E-state index is -0.435. The summed E-state index contributed by atoms with van der Waals surface area (Å²) in [4.78, 5) is 14.2. The van der Waals surface area contributed by atoms with Gasteiger partial charge in [-0.05, 0) is 31.5 Å². The molecule has 0 bridgehead atoms. The van der Waals surface area contributed by atoms with Crippen molar-refractivity contribution in [2.75, 3.05) is 4.90 Å². The smallest absolute Gasteiger partial charge is 0.268 e. The second kappa shape index (κ2) is 5.00. The number of rotatable bonds is 2. The van der Waals surface area contributed by atoms with E-state index in [9.17, 15) is 4.79 Å². The second-order valence-electron chi connectivity index (χ2n) is 5.14. The number of amides is 1. The summed E-state index contributed by atoms with van der Waals surface area (Å²) < 4.78 is 5.64. The number of ether oxygens (including phenoxy) is 1. The van der Waals surface area contributed by atoms with Crippen LogP contribution in [-0.2, 0) is 11.3 Å². The first kappa shape index (κ1) is 12.7. The fourth-order valence-electron chi connectivity index (χ4n) is 2.40. The second-order valence-corrected chi connectivity index (χ2v) is 5.14. The quantitative estimate of drug-likeness (QED) is 0.835.